The Bertz CT molecular complexity index is 449. The lowest BCUT2D eigenvalue weighted by molar-refractivity contribution is -0.124. The minimum atomic E-state index is -0.328. The number of benzene rings is 1. The smallest absolute Gasteiger partial charge is 0.338 e. The Balaban J connectivity index is 0.00000400. The standard InChI is InChI=1S/C15H22N2O3.ClH/c1-4-20-15(19)13-7-5-12(6-8-13)10-17-14(18)11(2)9-16-3;/h5-8,11,16H,4,9-10H2,1-3H3,(H,17,18);1H. The first kappa shape index (κ1) is 19.4. The maximum absolute atomic E-state index is 11.7. The van der Waals surface area contributed by atoms with Gasteiger partial charge >= 0.3 is 5.97 Å². The van der Waals surface area contributed by atoms with Crippen molar-refractivity contribution in [2.24, 2.45) is 5.92 Å². The molecule has 0 saturated heterocycles. The zero-order valence-corrected chi connectivity index (χ0v) is 13.5. The van der Waals surface area contributed by atoms with Gasteiger partial charge in [0, 0.05) is 19.0 Å². The van der Waals surface area contributed by atoms with Crippen molar-refractivity contribution in [1.29, 1.82) is 0 Å². The molecular formula is C15H23ClN2O3. The quantitative estimate of drug-likeness (QED) is 0.753. The predicted molar refractivity (Wildman–Crippen MR) is 84.6 cm³/mol. The van der Waals surface area contributed by atoms with Crippen LogP contribution in [0.25, 0.3) is 0 Å². The number of hydrogen-bond donors (Lipinski definition) is 2. The molecule has 1 unspecified atom stereocenters. The third-order valence-electron chi connectivity index (χ3n) is 2.89. The number of hydrogen-bond acceptors (Lipinski definition) is 4. The molecule has 5 nitrogen and oxygen atoms in total. The highest BCUT2D eigenvalue weighted by Gasteiger charge is 2.11. The van der Waals surface area contributed by atoms with Crippen LogP contribution in [-0.4, -0.2) is 32.1 Å². The SMILES string of the molecule is CCOC(=O)c1ccc(CNC(=O)C(C)CNC)cc1.Cl. The fourth-order valence-corrected chi connectivity index (χ4v) is 1.74. The van der Waals surface area contributed by atoms with Crippen molar-refractivity contribution in [2.75, 3.05) is 20.2 Å². The third kappa shape index (κ3) is 6.60. The Morgan fingerprint density at radius 2 is 1.86 bits per heavy atom. The van der Waals surface area contributed by atoms with E-state index in [1.165, 1.54) is 0 Å². The number of esters is 1. The Labute approximate surface area is 131 Å². The van der Waals surface area contributed by atoms with Crippen LogP contribution in [0.4, 0.5) is 0 Å². The molecule has 0 aromatic heterocycles. The summed E-state index contributed by atoms with van der Waals surface area (Å²) in [6, 6.07) is 7.04. The van der Waals surface area contributed by atoms with Gasteiger partial charge in [0.05, 0.1) is 12.2 Å². The number of carbonyl (C=O) groups is 2. The molecule has 0 bridgehead atoms. The van der Waals surface area contributed by atoms with Gasteiger partial charge < -0.3 is 15.4 Å². The number of amides is 1. The summed E-state index contributed by atoms with van der Waals surface area (Å²) in [4.78, 5) is 23.2. The van der Waals surface area contributed by atoms with Crippen molar-refractivity contribution in [3.8, 4) is 0 Å². The van der Waals surface area contributed by atoms with E-state index in [4.69, 9.17) is 4.74 Å². The number of rotatable bonds is 7. The largest absolute Gasteiger partial charge is 0.462 e. The maximum Gasteiger partial charge on any atom is 0.338 e. The first-order valence-corrected chi connectivity index (χ1v) is 6.76. The highest BCUT2D eigenvalue weighted by atomic mass is 35.5. The van der Waals surface area contributed by atoms with E-state index in [0.29, 0.717) is 25.3 Å². The minimum absolute atomic E-state index is 0. The lowest BCUT2D eigenvalue weighted by Gasteiger charge is -2.11. The van der Waals surface area contributed by atoms with Crippen molar-refractivity contribution in [3.63, 3.8) is 0 Å². The average Bonchev–Trinajstić information content (AvgIpc) is 2.45. The molecule has 1 aromatic rings. The molecule has 6 heteroatoms. The zero-order chi connectivity index (χ0) is 15.0. The average molecular weight is 315 g/mol. The highest BCUT2D eigenvalue weighted by Crippen LogP contribution is 2.06. The number of halogens is 1. The molecule has 2 N–H and O–H groups in total. The lowest BCUT2D eigenvalue weighted by Crippen LogP contribution is -2.33. The fraction of sp³-hybridized carbons (Fsp3) is 0.467. The van der Waals surface area contributed by atoms with Crippen LogP contribution in [0.5, 0.6) is 0 Å². The van der Waals surface area contributed by atoms with E-state index >= 15 is 0 Å². The van der Waals surface area contributed by atoms with Crippen molar-refractivity contribution in [3.05, 3.63) is 35.4 Å². The zero-order valence-electron chi connectivity index (χ0n) is 12.6. The van der Waals surface area contributed by atoms with E-state index < -0.39 is 0 Å². The molecule has 0 radical (unpaired) electrons. The fourth-order valence-electron chi connectivity index (χ4n) is 1.74. The van der Waals surface area contributed by atoms with Gasteiger partial charge in [0.1, 0.15) is 0 Å². The number of ether oxygens (including phenoxy) is 1. The van der Waals surface area contributed by atoms with Gasteiger partial charge in [0.25, 0.3) is 0 Å². The molecule has 0 heterocycles. The molecule has 0 fully saturated rings. The Morgan fingerprint density at radius 1 is 1.24 bits per heavy atom. The van der Waals surface area contributed by atoms with Crippen LogP contribution in [0.1, 0.15) is 29.8 Å². The lowest BCUT2D eigenvalue weighted by atomic mass is 10.1. The molecule has 0 saturated carbocycles. The summed E-state index contributed by atoms with van der Waals surface area (Å²) in [5, 5.41) is 5.83. The maximum atomic E-state index is 11.7. The first-order chi connectivity index (χ1) is 9.58. The Hall–Kier alpha value is -1.59. The molecular weight excluding hydrogens is 292 g/mol. The Kier molecular flexibility index (Phi) is 9.41. The summed E-state index contributed by atoms with van der Waals surface area (Å²) in [6.45, 7) is 5.10. The van der Waals surface area contributed by atoms with Crippen LogP contribution >= 0.6 is 12.4 Å². The second-order valence-corrected chi connectivity index (χ2v) is 4.59. The van der Waals surface area contributed by atoms with Gasteiger partial charge in [-0.1, -0.05) is 19.1 Å². The number of nitrogens with one attached hydrogen (secondary N) is 2. The van der Waals surface area contributed by atoms with Crippen molar-refractivity contribution in [2.45, 2.75) is 20.4 Å². The van der Waals surface area contributed by atoms with Crippen LogP contribution in [0.15, 0.2) is 24.3 Å². The monoisotopic (exact) mass is 314 g/mol. The van der Waals surface area contributed by atoms with Crippen molar-refractivity contribution >= 4 is 24.3 Å². The van der Waals surface area contributed by atoms with Crippen molar-refractivity contribution in [1.82, 2.24) is 10.6 Å². The third-order valence-corrected chi connectivity index (χ3v) is 2.89. The molecule has 1 rings (SSSR count). The summed E-state index contributed by atoms with van der Waals surface area (Å²) < 4.78 is 4.91. The van der Waals surface area contributed by atoms with E-state index in [9.17, 15) is 9.59 Å². The summed E-state index contributed by atoms with van der Waals surface area (Å²) >= 11 is 0. The summed E-state index contributed by atoms with van der Waals surface area (Å²) in [5.41, 5.74) is 1.47. The molecule has 1 aromatic carbocycles. The highest BCUT2D eigenvalue weighted by molar-refractivity contribution is 5.89. The van der Waals surface area contributed by atoms with E-state index in [2.05, 4.69) is 10.6 Å². The van der Waals surface area contributed by atoms with Gasteiger partial charge in [0.2, 0.25) is 5.91 Å². The first-order valence-electron chi connectivity index (χ1n) is 6.76. The van der Waals surface area contributed by atoms with Crippen LogP contribution < -0.4 is 10.6 Å². The van der Waals surface area contributed by atoms with Gasteiger partial charge in [-0.3, -0.25) is 4.79 Å². The molecule has 0 aliphatic rings. The summed E-state index contributed by atoms with van der Waals surface area (Å²) in [7, 11) is 1.82. The van der Waals surface area contributed by atoms with Gasteiger partial charge in [-0.15, -0.1) is 12.4 Å². The predicted octanol–water partition coefficient (Wildman–Crippen LogP) is 1.76. The van der Waals surface area contributed by atoms with E-state index in [1.54, 1.807) is 19.1 Å². The van der Waals surface area contributed by atoms with Gasteiger partial charge in [-0.2, -0.15) is 0 Å². The number of carbonyl (C=O) groups excluding carboxylic acids is 2. The van der Waals surface area contributed by atoms with E-state index in [1.807, 2.05) is 26.1 Å². The van der Waals surface area contributed by atoms with E-state index in [0.717, 1.165) is 5.56 Å². The minimum Gasteiger partial charge on any atom is -0.462 e. The normalized spacial score (nSPS) is 11.2. The van der Waals surface area contributed by atoms with Gasteiger partial charge in [-0.25, -0.2) is 4.79 Å². The molecule has 0 spiro atoms. The molecule has 21 heavy (non-hydrogen) atoms. The van der Waals surface area contributed by atoms with Crippen LogP contribution in [0, 0.1) is 5.92 Å². The second kappa shape index (κ2) is 10.2. The Morgan fingerprint density at radius 3 is 2.38 bits per heavy atom. The second-order valence-electron chi connectivity index (χ2n) is 4.59. The van der Waals surface area contributed by atoms with Gasteiger partial charge in [-0.05, 0) is 31.7 Å². The summed E-state index contributed by atoms with van der Waals surface area (Å²) in [5.74, 6) is -0.390. The molecule has 1 amide bonds. The molecule has 118 valence electrons. The molecule has 1 atom stereocenters. The van der Waals surface area contributed by atoms with E-state index in [-0.39, 0.29) is 30.2 Å². The molecule has 0 aliphatic carbocycles. The van der Waals surface area contributed by atoms with Crippen LogP contribution in [0.3, 0.4) is 0 Å². The van der Waals surface area contributed by atoms with Crippen LogP contribution in [-0.2, 0) is 16.1 Å². The van der Waals surface area contributed by atoms with Gasteiger partial charge in [0.15, 0.2) is 0 Å². The summed E-state index contributed by atoms with van der Waals surface area (Å²) in [6.07, 6.45) is 0. The molecule has 0 aliphatic heterocycles. The van der Waals surface area contributed by atoms with Crippen molar-refractivity contribution < 1.29 is 14.3 Å². The topological polar surface area (TPSA) is 67.4 Å². The van der Waals surface area contributed by atoms with Crippen LogP contribution in [0.2, 0.25) is 0 Å².